The molecule has 0 radical (unpaired) electrons. The van der Waals surface area contributed by atoms with Crippen molar-refractivity contribution < 1.29 is 9.59 Å². The minimum atomic E-state index is -0.178. The van der Waals surface area contributed by atoms with Gasteiger partial charge in [-0.05, 0) is 29.0 Å². The highest BCUT2D eigenvalue weighted by molar-refractivity contribution is 9.08. The zero-order valence-corrected chi connectivity index (χ0v) is 13.7. The summed E-state index contributed by atoms with van der Waals surface area (Å²) in [5.74, 6) is 0.00290. The minimum absolute atomic E-state index is 0.0461. The molecule has 1 atom stereocenters. The molecule has 2 amide bonds. The van der Waals surface area contributed by atoms with Gasteiger partial charge in [-0.2, -0.15) is 0 Å². The van der Waals surface area contributed by atoms with Crippen molar-refractivity contribution in [1.82, 2.24) is 4.90 Å². The highest BCUT2D eigenvalue weighted by Crippen LogP contribution is 2.34. The average molecular weight is 338 g/mol. The normalized spacial score (nSPS) is 19.5. The Balaban J connectivity index is 2.15. The molecule has 0 aromatic heterocycles. The number of hydrogen-bond acceptors (Lipinski definition) is 2. The summed E-state index contributed by atoms with van der Waals surface area (Å²) in [5, 5.41) is 0.760. The third kappa shape index (κ3) is 3.11. The van der Waals surface area contributed by atoms with Crippen LogP contribution >= 0.6 is 15.9 Å². The van der Waals surface area contributed by atoms with Gasteiger partial charge in [0.05, 0.1) is 0 Å². The summed E-state index contributed by atoms with van der Waals surface area (Å²) in [6.45, 7) is 6.87. The average Bonchev–Trinajstić information content (AvgIpc) is 2.80. The van der Waals surface area contributed by atoms with E-state index in [1.165, 1.54) is 4.90 Å². The summed E-state index contributed by atoms with van der Waals surface area (Å²) in [7, 11) is 0. The highest BCUT2D eigenvalue weighted by atomic mass is 79.9. The van der Waals surface area contributed by atoms with E-state index in [0.29, 0.717) is 18.5 Å². The fraction of sp³-hybridized carbons (Fsp3) is 0.500. The van der Waals surface area contributed by atoms with Crippen LogP contribution in [0.15, 0.2) is 24.3 Å². The predicted molar refractivity (Wildman–Crippen MR) is 82.7 cm³/mol. The molecule has 0 bridgehead atoms. The number of nitrogens with zero attached hydrogens (tertiary/aromatic N) is 1. The smallest absolute Gasteiger partial charge is 0.260 e. The first-order valence-corrected chi connectivity index (χ1v) is 7.94. The van der Waals surface area contributed by atoms with Crippen molar-refractivity contribution in [3.63, 3.8) is 0 Å². The van der Waals surface area contributed by atoms with Crippen molar-refractivity contribution in [2.24, 2.45) is 11.3 Å². The molecule has 4 heteroatoms. The molecular weight excluding hydrogens is 318 g/mol. The fourth-order valence-electron chi connectivity index (χ4n) is 2.38. The molecule has 1 fully saturated rings. The molecule has 1 heterocycles. The van der Waals surface area contributed by atoms with Gasteiger partial charge in [0, 0.05) is 23.9 Å². The number of likely N-dealkylation sites (tertiary alicyclic amines) is 1. The van der Waals surface area contributed by atoms with Crippen LogP contribution in [0.1, 0.15) is 43.1 Å². The molecule has 1 aliphatic rings. The van der Waals surface area contributed by atoms with E-state index in [9.17, 15) is 9.59 Å². The predicted octanol–water partition coefficient (Wildman–Crippen LogP) is 3.62. The van der Waals surface area contributed by atoms with Gasteiger partial charge in [0.15, 0.2) is 0 Å². The molecular formula is C16H20BrNO2. The van der Waals surface area contributed by atoms with E-state index in [0.717, 1.165) is 10.9 Å². The van der Waals surface area contributed by atoms with Crippen LogP contribution in [0.2, 0.25) is 0 Å². The van der Waals surface area contributed by atoms with Gasteiger partial charge in [0.1, 0.15) is 0 Å². The Morgan fingerprint density at radius 1 is 1.30 bits per heavy atom. The van der Waals surface area contributed by atoms with E-state index in [1.54, 1.807) is 12.1 Å². The summed E-state index contributed by atoms with van der Waals surface area (Å²) < 4.78 is 0. The second kappa shape index (κ2) is 5.68. The number of amides is 2. The maximum Gasteiger partial charge on any atom is 0.260 e. The van der Waals surface area contributed by atoms with Gasteiger partial charge in [-0.25, -0.2) is 0 Å². The fourth-order valence-corrected chi connectivity index (χ4v) is 2.75. The lowest BCUT2D eigenvalue weighted by atomic mass is 9.80. The largest absolute Gasteiger partial charge is 0.278 e. The molecule has 2 rings (SSSR count). The van der Waals surface area contributed by atoms with Gasteiger partial charge in [0.25, 0.3) is 5.91 Å². The SMILES string of the molecule is CC(C)(C)C1CC(=O)N(C(=O)c2ccc(CBr)cc2)C1. The Morgan fingerprint density at radius 3 is 2.35 bits per heavy atom. The van der Waals surface area contributed by atoms with Gasteiger partial charge in [-0.15, -0.1) is 0 Å². The van der Waals surface area contributed by atoms with Crippen LogP contribution in [0, 0.1) is 11.3 Å². The molecule has 1 unspecified atom stereocenters. The number of alkyl halides is 1. The van der Waals surface area contributed by atoms with Gasteiger partial charge in [0.2, 0.25) is 5.91 Å². The number of rotatable bonds is 2. The summed E-state index contributed by atoms with van der Waals surface area (Å²) in [5.41, 5.74) is 1.74. The van der Waals surface area contributed by atoms with Gasteiger partial charge in [-0.3, -0.25) is 14.5 Å². The van der Waals surface area contributed by atoms with Gasteiger partial charge >= 0.3 is 0 Å². The summed E-state index contributed by atoms with van der Waals surface area (Å²) in [6.07, 6.45) is 0.467. The zero-order valence-electron chi connectivity index (χ0n) is 12.1. The maximum absolute atomic E-state index is 12.4. The first-order chi connectivity index (χ1) is 9.32. The van der Waals surface area contributed by atoms with Crippen molar-refractivity contribution in [3.8, 4) is 0 Å². The molecule has 0 spiro atoms. The number of halogens is 1. The quantitative estimate of drug-likeness (QED) is 0.610. The van der Waals surface area contributed by atoms with E-state index in [-0.39, 0.29) is 23.1 Å². The van der Waals surface area contributed by atoms with E-state index >= 15 is 0 Å². The van der Waals surface area contributed by atoms with Crippen molar-refractivity contribution in [2.45, 2.75) is 32.5 Å². The molecule has 1 aliphatic heterocycles. The summed E-state index contributed by atoms with van der Waals surface area (Å²) in [6, 6.07) is 7.39. The number of hydrogen-bond donors (Lipinski definition) is 0. The van der Waals surface area contributed by atoms with Crippen molar-refractivity contribution in [2.75, 3.05) is 6.54 Å². The lowest BCUT2D eigenvalue weighted by Gasteiger charge is -2.26. The number of carbonyl (C=O) groups is 2. The van der Waals surface area contributed by atoms with Crippen molar-refractivity contribution in [3.05, 3.63) is 35.4 Å². The first-order valence-electron chi connectivity index (χ1n) is 6.82. The Bertz CT molecular complexity index is 516. The topological polar surface area (TPSA) is 37.4 Å². The van der Waals surface area contributed by atoms with Crippen LogP contribution in [0.3, 0.4) is 0 Å². The lowest BCUT2D eigenvalue weighted by molar-refractivity contribution is -0.125. The molecule has 3 nitrogen and oxygen atoms in total. The molecule has 1 aromatic rings. The number of imide groups is 1. The van der Waals surface area contributed by atoms with Gasteiger partial charge in [-0.1, -0.05) is 48.8 Å². The van der Waals surface area contributed by atoms with Crippen molar-refractivity contribution in [1.29, 1.82) is 0 Å². The monoisotopic (exact) mass is 337 g/mol. The van der Waals surface area contributed by atoms with Crippen LogP contribution in [-0.4, -0.2) is 23.3 Å². The van der Waals surface area contributed by atoms with Crippen LogP contribution in [-0.2, 0) is 10.1 Å². The summed E-state index contributed by atoms with van der Waals surface area (Å²) >= 11 is 3.38. The van der Waals surface area contributed by atoms with E-state index < -0.39 is 0 Å². The molecule has 0 saturated carbocycles. The van der Waals surface area contributed by atoms with E-state index in [4.69, 9.17) is 0 Å². The Labute approximate surface area is 128 Å². The van der Waals surface area contributed by atoms with Crippen LogP contribution in [0.25, 0.3) is 0 Å². The molecule has 20 heavy (non-hydrogen) atoms. The molecule has 0 N–H and O–H groups in total. The van der Waals surface area contributed by atoms with Crippen LogP contribution < -0.4 is 0 Å². The minimum Gasteiger partial charge on any atom is -0.278 e. The first kappa shape index (κ1) is 15.2. The third-order valence-electron chi connectivity index (χ3n) is 3.95. The Hall–Kier alpha value is -1.16. The lowest BCUT2D eigenvalue weighted by Crippen LogP contribution is -2.33. The highest BCUT2D eigenvalue weighted by Gasteiger charge is 2.39. The zero-order chi connectivity index (χ0) is 14.9. The molecule has 108 valence electrons. The summed E-state index contributed by atoms with van der Waals surface area (Å²) in [4.78, 5) is 25.9. The third-order valence-corrected chi connectivity index (χ3v) is 4.60. The van der Waals surface area contributed by atoms with Crippen molar-refractivity contribution >= 4 is 27.7 Å². The maximum atomic E-state index is 12.4. The van der Waals surface area contributed by atoms with E-state index in [2.05, 4.69) is 36.7 Å². The van der Waals surface area contributed by atoms with Crippen LogP contribution in [0.4, 0.5) is 0 Å². The molecule has 0 aliphatic carbocycles. The number of carbonyl (C=O) groups excluding carboxylic acids is 2. The second-order valence-corrected chi connectivity index (χ2v) is 6.97. The standard InChI is InChI=1S/C16H20BrNO2/c1-16(2,3)13-8-14(19)18(10-13)15(20)12-6-4-11(9-17)5-7-12/h4-7,13H,8-10H2,1-3H3. The number of benzene rings is 1. The van der Waals surface area contributed by atoms with E-state index in [1.807, 2.05) is 12.1 Å². The Morgan fingerprint density at radius 2 is 1.90 bits per heavy atom. The molecule has 1 aromatic carbocycles. The van der Waals surface area contributed by atoms with Gasteiger partial charge < -0.3 is 0 Å². The Kier molecular flexibility index (Phi) is 4.33. The second-order valence-electron chi connectivity index (χ2n) is 6.41. The van der Waals surface area contributed by atoms with Crippen LogP contribution in [0.5, 0.6) is 0 Å². The molecule has 1 saturated heterocycles.